The van der Waals surface area contributed by atoms with Gasteiger partial charge in [-0.1, -0.05) is 11.6 Å². The lowest BCUT2D eigenvalue weighted by atomic mass is 10.1. The predicted octanol–water partition coefficient (Wildman–Crippen LogP) is 3.10. The van der Waals surface area contributed by atoms with Crippen molar-refractivity contribution in [3.63, 3.8) is 0 Å². The summed E-state index contributed by atoms with van der Waals surface area (Å²) in [5.74, 6) is 0. The first kappa shape index (κ1) is 11.5. The van der Waals surface area contributed by atoms with Gasteiger partial charge in [-0.15, -0.1) is 0 Å². The molecule has 2 heteroatoms. The number of nitrogens with zero attached hydrogens (tertiary/aromatic N) is 2. The van der Waals surface area contributed by atoms with E-state index in [0.29, 0.717) is 0 Å². The molecule has 13 heavy (non-hydrogen) atoms. The molecule has 0 saturated heterocycles. The topological polar surface area (TPSA) is 47.6 Å². The Labute approximate surface area is 79.8 Å². The highest BCUT2D eigenvalue weighted by Crippen LogP contribution is 2.10. The minimum Gasteiger partial charge on any atom is -0.192 e. The minimum atomic E-state index is 0.252. The maximum absolute atomic E-state index is 8.56. The largest absolute Gasteiger partial charge is 0.192 e. The Morgan fingerprint density at radius 1 is 1.15 bits per heavy atom. The SMILES string of the molecule is CC(C)=CCCC(C)=C(C#N)C#N. The molecule has 0 rings (SSSR count). The van der Waals surface area contributed by atoms with Gasteiger partial charge in [0.15, 0.2) is 0 Å². The smallest absolute Gasteiger partial charge is 0.128 e. The maximum Gasteiger partial charge on any atom is 0.128 e. The van der Waals surface area contributed by atoms with E-state index in [4.69, 9.17) is 10.5 Å². The Bertz CT molecular complexity index is 288. The lowest BCUT2D eigenvalue weighted by Gasteiger charge is -1.97. The van der Waals surface area contributed by atoms with E-state index in [-0.39, 0.29) is 5.57 Å². The Morgan fingerprint density at radius 3 is 2.08 bits per heavy atom. The van der Waals surface area contributed by atoms with E-state index in [1.807, 2.05) is 32.9 Å². The molecule has 0 atom stereocenters. The van der Waals surface area contributed by atoms with Gasteiger partial charge in [0.1, 0.15) is 17.7 Å². The normalized spacial score (nSPS) is 8.08. The van der Waals surface area contributed by atoms with E-state index < -0.39 is 0 Å². The maximum atomic E-state index is 8.56. The highest BCUT2D eigenvalue weighted by molar-refractivity contribution is 5.39. The van der Waals surface area contributed by atoms with Gasteiger partial charge >= 0.3 is 0 Å². The van der Waals surface area contributed by atoms with Crippen LogP contribution in [-0.2, 0) is 0 Å². The molecule has 68 valence electrons. The third kappa shape index (κ3) is 4.82. The lowest BCUT2D eigenvalue weighted by molar-refractivity contribution is 0.960. The van der Waals surface area contributed by atoms with Crippen LogP contribution < -0.4 is 0 Å². The van der Waals surface area contributed by atoms with Crippen LogP contribution in [0.4, 0.5) is 0 Å². The summed E-state index contributed by atoms with van der Waals surface area (Å²) < 4.78 is 0. The van der Waals surface area contributed by atoms with Crippen molar-refractivity contribution in [2.45, 2.75) is 33.6 Å². The summed E-state index contributed by atoms with van der Waals surface area (Å²) >= 11 is 0. The van der Waals surface area contributed by atoms with E-state index in [9.17, 15) is 0 Å². The second kappa shape index (κ2) is 6.03. The molecule has 0 bridgehead atoms. The molecule has 0 unspecified atom stereocenters. The summed E-state index contributed by atoms with van der Waals surface area (Å²) in [6.45, 7) is 5.91. The molecule has 0 aromatic rings. The first-order valence-electron chi connectivity index (χ1n) is 4.25. The van der Waals surface area contributed by atoms with E-state index >= 15 is 0 Å². The molecule has 0 heterocycles. The average molecular weight is 174 g/mol. The van der Waals surface area contributed by atoms with Gasteiger partial charge in [0.2, 0.25) is 0 Å². The molecule has 0 N–H and O–H groups in total. The molecule has 0 amide bonds. The fourth-order valence-electron chi connectivity index (χ4n) is 0.918. The standard InChI is InChI=1S/C11H14N2/c1-9(2)5-4-6-10(3)11(7-12)8-13/h5H,4,6H2,1-3H3. The van der Waals surface area contributed by atoms with Gasteiger partial charge in [-0.3, -0.25) is 0 Å². The van der Waals surface area contributed by atoms with Gasteiger partial charge in [-0.05, 0) is 39.2 Å². The summed E-state index contributed by atoms with van der Waals surface area (Å²) in [6, 6.07) is 3.77. The van der Waals surface area contributed by atoms with Gasteiger partial charge in [0.25, 0.3) is 0 Å². The fraction of sp³-hybridized carbons (Fsp3) is 0.455. The van der Waals surface area contributed by atoms with Crippen LogP contribution >= 0.6 is 0 Å². The van der Waals surface area contributed by atoms with E-state index in [0.717, 1.165) is 18.4 Å². The molecule has 0 aliphatic rings. The molecule has 0 spiro atoms. The van der Waals surface area contributed by atoms with Gasteiger partial charge in [0.05, 0.1) is 0 Å². The minimum absolute atomic E-state index is 0.252. The molecule has 0 aliphatic heterocycles. The monoisotopic (exact) mass is 174 g/mol. The Morgan fingerprint density at radius 2 is 1.69 bits per heavy atom. The van der Waals surface area contributed by atoms with Crippen molar-refractivity contribution in [1.29, 1.82) is 10.5 Å². The van der Waals surface area contributed by atoms with Crippen LogP contribution in [0.2, 0.25) is 0 Å². The molecule has 0 aromatic heterocycles. The molecular formula is C11H14N2. The van der Waals surface area contributed by atoms with Crippen molar-refractivity contribution in [3.8, 4) is 12.1 Å². The molecule has 0 saturated carbocycles. The summed E-state index contributed by atoms with van der Waals surface area (Å²) in [5, 5.41) is 17.1. The van der Waals surface area contributed by atoms with Gasteiger partial charge in [0, 0.05) is 0 Å². The Kier molecular flexibility index (Phi) is 5.32. The predicted molar refractivity (Wildman–Crippen MR) is 52.6 cm³/mol. The highest BCUT2D eigenvalue weighted by Gasteiger charge is 1.98. The summed E-state index contributed by atoms with van der Waals surface area (Å²) in [7, 11) is 0. The molecule has 0 radical (unpaired) electrons. The van der Waals surface area contributed by atoms with Crippen molar-refractivity contribution in [2.24, 2.45) is 0 Å². The van der Waals surface area contributed by atoms with Crippen LogP contribution in [-0.4, -0.2) is 0 Å². The number of hydrogen-bond donors (Lipinski definition) is 0. The summed E-state index contributed by atoms with van der Waals surface area (Å²) in [6.07, 6.45) is 3.80. The summed E-state index contributed by atoms with van der Waals surface area (Å²) in [4.78, 5) is 0. The number of hydrogen-bond acceptors (Lipinski definition) is 2. The van der Waals surface area contributed by atoms with Crippen LogP contribution in [0.3, 0.4) is 0 Å². The third-order valence-electron chi connectivity index (χ3n) is 1.72. The second-order valence-corrected chi connectivity index (χ2v) is 3.20. The molecule has 0 aromatic carbocycles. The van der Waals surface area contributed by atoms with Gasteiger partial charge in [-0.2, -0.15) is 10.5 Å². The van der Waals surface area contributed by atoms with Crippen molar-refractivity contribution in [3.05, 3.63) is 22.8 Å². The zero-order valence-corrected chi connectivity index (χ0v) is 8.39. The van der Waals surface area contributed by atoms with Crippen molar-refractivity contribution in [2.75, 3.05) is 0 Å². The van der Waals surface area contributed by atoms with E-state index in [2.05, 4.69) is 6.08 Å². The van der Waals surface area contributed by atoms with Gasteiger partial charge < -0.3 is 0 Å². The van der Waals surface area contributed by atoms with Crippen LogP contribution in [0.15, 0.2) is 22.8 Å². The number of allylic oxidation sites excluding steroid dienone is 4. The zero-order valence-electron chi connectivity index (χ0n) is 8.39. The quantitative estimate of drug-likeness (QED) is 0.487. The Hall–Kier alpha value is -1.54. The zero-order chi connectivity index (χ0) is 10.3. The van der Waals surface area contributed by atoms with E-state index in [1.54, 1.807) is 0 Å². The average Bonchev–Trinajstić information content (AvgIpc) is 2.05. The second-order valence-electron chi connectivity index (χ2n) is 3.20. The van der Waals surface area contributed by atoms with Gasteiger partial charge in [-0.25, -0.2) is 0 Å². The fourth-order valence-corrected chi connectivity index (χ4v) is 0.918. The Balaban J connectivity index is 4.25. The number of rotatable bonds is 3. The molecule has 0 fully saturated rings. The molecular weight excluding hydrogens is 160 g/mol. The van der Waals surface area contributed by atoms with Crippen molar-refractivity contribution >= 4 is 0 Å². The van der Waals surface area contributed by atoms with Crippen molar-refractivity contribution in [1.82, 2.24) is 0 Å². The third-order valence-corrected chi connectivity index (χ3v) is 1.72. The van der Waals surface area contributed by atoms with Crippen LogP contribution in [0, 0.1) is 22.7 Å². The first-order chi connectivity index (χ1) is 6.11. The van der Waals surface area contributed by atoms with Crippen LogP contribution in [0.25, 0.3) is 0 Å². The highest BCUT2D eigenvalue weighted by atomic mass is 14.3. The summed E-state index contributed by atoms with van der Waals surface area (Å²) in [5.41, 5.74) is 2.40. The van der Waals surface area contributed by atoms with Crippen molar-refractivity contribution < 1.29 is 0 Å². The first-order valence-corrected chi connectivity index (χ1v) is 4.25. The lowest BCUT2D eigenvalue weighted by Crippen LogP contribution is -1.83. The van der Waals surface area contributed by atoms with Crippen LogP contribution in [0.1, 0.15) is 33.6 Å². The molecule has 2 nitrogen and oxygen atoms in total. The van der Waals surface area contributed by atoms with E-state index in [1.165, 1.54) is 5.57 Å². The number of nitriles is 2. The van der Waals surface area contributed by atoms with Crippen LogP contribution in [0.5, 0.6) is 0 Å². The molecule has 0 aliphatic carbocycles.